The van der Waals surface area contributed by atoms with Crippen molar-refractivity contribution < 1.29 is 27.2 Å². The summed E-state index contributed by atoms with van der Waals surface area (Å²) in [6.07, 6.45) is 4.08. The third-order valence-corrected chi connectivity index (χ3v) is 7.08. The minimum Gasteiger partial charge on any atom is -0.341 e. The van der Waals surface area contributed by atoms with E-state index in [1.165, 1.54) is 21.7 Å². The Labute approximate surface area is 221 Å². The predicted octanol–water partition coefficient (Wildman–Crippen LogP) is 3.36. The van der Waals surface area contributed by atoms with Gasteiger partial charge in [-0.25, -0.2) is 41.5 Å². The quantitative estimate of drug-likeness (QED) is 0.435. The molecule has 2 aliphatic rings. The number of amides is 3. The summed E-state index contributed by atoms with van der Waals surface area (Å²) in [5.74, 6) is -6.53. The predicted molar refractivity (Wildman–Crippen MR) is 129 cm³/mol. The molecular formula is C24H29F4N9O2. The highest BCUT2D eigenvalue weighted by molar-refractivity contribution is 5.91. The van der Waals surface area contributed by atoms with Crippen molar-refractivity contribution in [1.29, 1.82) is 0 Å². The van der Waals surface area contributed by atoms with E-state index in [-0.39, 0.29) is 50.0 Å². The van der Waals surface area contributed by atoms with E-state index < -0.39 is 42.9 Å². The number of hydrogen-bond donors (Lipinski definition) is 2. The number of fused-ring (bicyclic) bond motifs is 1. The van der Waals surface area contributed by atoms with Gasteiger partial charge in [-0.1, -0.05) is 0 Å². The summed E-state index contributed by atoms with van der Waals surface area (Å²) in [4.78, 5) is 35.0. The van der Waals surface area contributed by atoms with Crippen LogP contribution >= 0.6 is 0 Å². The number of halogens is 4. The molecule has 3 aromatic rings. The lowest BCUT2D eigenvalue weighted by Crippen LogP contribution is -2.56. The number of carbonyl (C=O) groups excluding carboxylic acids is 2. The summed E-state index contributed by atoms with van der Waals surface area (Å²) in [5, 5.41) is 13.5. The van der Waals surface area contributed by atoms with Crippen LogP contribution in [0.3, 0.4) is 0 Å². The number of hydrogen-bond acceptors (Lipinski definition) is 6. The maximum absolute atomic E-state index is 13.9. The highest BCUT2D eigenvalue weighted by atomic mass is 19.3. The van der Waals surface area contributed by atoms with Gasteiger partial charge in [0.25, 0.3) is 11.8 Å². The molecule has 5 rings (SSSR count). The molecule has 3 aromatic heterocycles. The fourth-order valence-electron chi connectivity index (χ4n) is 5.07. The van der Waals surface area contributed by atoms with Crippen molar-refractivity contribution in [1.82, 2.24) is 44.9 Å². The van der Waals surface area contributed by atoms with Gasteiger partial charge in [0.1, 0.15) is 6.33 Å². The normalized spacial score (nSPS) is 20.3. The van der Waals surface area contributed by atoms with Gasteiger partial charge in [-0.3, -0.25) is 4.79 Å². The van der Waals surface area contributed by atoms with Crippen LogP contribution in [0, 0.1) is 5.92 Å². The number of carbonyl (C=O) groups is 2. The number of rotatable bonds is 7. The zero-order valence-corrected chi connectivity index (χ0v) is 21.5. The third-order valence-electron chi connectivity index (χ3n) is 7.08. The molecule has 4 heterocycles. The van der Waals surface area contributed by atoms with Crippen LogP contribution in [0.4, 0.5) is 22.4 Å². The molecule has 39 heavy (non-hydrogen) atoms. The number of alkyl halides is 4. The molecule has 3 amide bonds. The van der Waals surface area contributed by atoms with Gasteiger partial charge in [-0.05, 0) is 44.2 Å². The second-order valence-electron chi connectivity index (χ2n) is 10.5. The minimum atomic E-state index is -3.05. The highest BCUT2D eigenvalue weighted by Crippen LogP contribution is 2.41. The maximum Gasteiger partial charge on any atom is 0.318 e. The zero-order chi connectivity index (χ0) is 27.9. The number of aromatic nitrogens is 6. The molecule has 0 spiro atoms. The lowest BCUT2D eigenvalue weighted by molar-refractivity contribution is -0.0495. The van der Waals surface area contributed by atoms with E-state index in [0.717, 1.165) is 4.90 Å². The van der Waals surface area contributed by atoms with Gasteiger partial charge in [0, 0.05) is 25.4 Å². The van der Waals surface area contributed by atoms with Crippen LogP contribution in [0.15, 0.2) is 24.8 Å². The Balaban J connectivity index is 1.41. The Morgan fingerprint density at radius 2 is 1.92 bits per heavy atom. The van der Waals surface area contributed by atoms with E-state index in [1.807, 2.05) is 13.8 Å². The SMILES string of the molecule is CC(C)n1ncnc1C(=O)N[C@H](c1cn2ncc(CN3CC(F)(F)CNC3=O)cc2n1)C1CCC(F)(F)CC1. The Bertz CT molecular complexity index is 1360. The van der Waals surface area contributed by atoms with Crippen molar-refractivity contribution in [3.05, 3.63) is 41.9 Å². The van der Waals surface area contributed by atoms with E-state index in [2.05, 4.69) is 30.8 Å². The van der Waals surface area contributed by atoms with E-state index in [9.17, 15) is 27.2 Å². The molecule has 1 saturated heterocycles. The van der Waals surface area contributed by atoms with Gasteiger partial charge in [-0.15, -0.1) is 0 Å². The van der Waals surface area contributed by atoms with Crippen LogP contribution in [-0.4, -0.2) is 71.1 Å². The molecular weight excluding hydrogens is 522 g/mol. The third kappa shape index (κ3) is 5.81. The maximum atomic E-state index is 13.9. The van der Waals surface area contributed by atoms with Crippen LogP contribution in [0.1, 0.15) is 73.5 Å². The average molecular weight is 552 g/mol. The van der Waals surface area contributed by atoms with Crippen molar-refractivity contribution in [2.24, 2.45) is 5.92 Å². The lowest BCUT2D eigenvalue weighted by Gasteiger charge is -2.33. The molecule has 0 radical (unpaired) electrons. The second kappa shape index (κ2) is 10.1. The Hall–Kier alpha value is -3.78. The molecule has 210 valence electrons. The summed E-state index contributed by atoms with van der Waals surface area (Å²) >= 11 is 0. The molecule has 0 aromatic carbocycles. The monoisotopic (exact) mass is 551 g/mol. The first-order valence-electron chi connectivity index (χ1n) is 12.7. The first kappa shape index (κ1) is 26.8. The largest absolute Gasteiger partial charge is 0.341 e. The van der Waals surface area contributed by atoms with Crippen molar-refractivity contribution in [3.63, 3.8) is 0 Å². The van der Waals surface area contributed by atoms with Crippen LogP contribution in [0.25, 0.3) is 5.65 Å². The fraction of sp³-hybridized carbons (Fsp3) is 0.583. The molecule has 0 bridgehead atoms. The van der Waals surface area contributed by atoms with Crippen LogP contribution in [-0.2, 0) is 6.54 Å². The Morgan fingerprint density at radius 1 is 1.18 bits per heavy atom. The summed E-state index contributed by atoms with van der Waals surface area (Å²) in [7, 11) is 0. The standard InChI is InChI=1S/C24H29F4N9O2/c1-14(2)37-20(30-13-32-37)21(38)34-19(16-3-5-23(25,26)6-4-16)17-10-36-18(33-17)7-15(8-31-36)9-35-12-24(27,28)11-29-22(35)39/h7-8,10,13-14,16,19H,3-6,9,11-12H2,1-2H3,(H,29,39)(H,34,38)/t19-/m0/s1. The van der Waals surface area contributed by atoms with Crippen molar-refractivity contribution in [3.8, 4) is 0 Å². The first-order chi connectivity index (χ1) is 18.4. The van der Waals surface area contributed by atoms with Crippen LogP contribution in [0.2, 0.25) is 0 Å². The van der Waals surface area contributed by atoms with E-state index >= 15 is 0 Å². The number of urea groups is 1. The van der Waals surface area contributed by atoms with Gasteiger partial charge in [0.05, 0.1) is 37.2 Å². The molecule has 1 aliphatic heterocycles. The second-order valence-corrected chi connectivity index (χ2v) is 10.5. The lowest BCUT2D eigenvalue weighted by atomic mass is 9.81. The van der Waals surface area contributed by atoms with Gasteiger partial charge in [-0.2, -0.15) is 10.2 Å². The van der Waals surface area contributed by atoms with E-state index in [0.29, 0.717) is 16.9 Å². The molecule has 2 fully saturated rings. The summed E-state index contributed by atoms with van der Waals surface area (Å²) in [6.45, 7) is 2.18. The van der Waals surface area contributed by atoms with Crippen molar-refractivity contribution in [2.75, 3.05) is 13.1 Å². The molecule has 0 unspecified atom stereocenters. The molecule has 11 nitrogen and oxygen atoms in total. The van der Waals surface area contributed by atoms with E-state index in [1.54, 1.807) is 12.3 Å². The van der Waals surface area contributed by atoms with Gasteiger partial charge >= 0.3 is 6.03 Å². The Morgan fingerprint density at radius 3 is 2.64 bits per heavy atom. The van der Waals surface area contributed by atoms with Gasteiger partial charge < -0.3 is 15.5 Å². The molecule has 2 N–H and O–H groups in total. The summed E-state index contributed by atoms with van der Waals surface area (Å²) < 4.78 is 58.4. The molecule has 1 aliphatic carbocycles. The van der Waals surface area contributed by atoms with Crippen LogP contribution < -0.4 is 10.6 Å². The number of nitrogens with one attached hydrogen (secondary N) is 2. The van der Waals surface area contributed by atoms with Gasteiger partial charge in [0.15, 0.2) is 5.65 Å². The van der Waals surface area contributed by atoms with Crippen molar-refractivity contribution >= 4 is 17.6 Å². The zero-order valence-electron chi connectivity index (χ0n) is 21.5. The first-order valence-corrected chi connectivity index (χ1v) is 12.7. The van der Waals surface area contributed by atoms with E-state index in [4.69, 9.17) is 0 Å². The van der Waals surface area contributed by atoms with Crippen molar-refractivity contribution in [2.45, 2.75) is 70.0 Å². The number of imidazole rings is 1. The highest BCUT2D eigenvalue weighted by Gasteiger charge is 2.40. The van der Waals surface area contributed by atoms with Gasteiger partial charge in [0.2, 0.25) is 11.7 Å². The molecule has 1 atom stereocenters. The van der Waals surface area contributed by atoms with Crippen LogP contribution in [0.5, 0.6) is 0 Å². The molecule has 1 saturated carbocycles. The smallest absolute Gasteiger partial charge is 0.318 e. The topological polar surface area (TPSA) is 122 Å². The number of nitrogens with zero attached hydrogens (tertiary/aromatic N) is 7. The minimum absolute atomic E-state index is 0.0944. The average Bonchev–Trinajstić information content (AvgIpc) is 3.52. The summed E-state index contributed by atoms with van der Waals surface area (Å²) in [6, 6.07) is 0.179. The Kier molecular flexibility index (Phi) is 6.93. The molecule has 15 heteroatoms. The fourth-order valence-corrected chi connectivity index (χ4v) is 5.07. The summed E-state index contributed by atoms with van der Waals surface area (Å²) in [5.41, 5.74) is 1.26.